The Balaban J connectivity index is 2.41. The van der Waals surface area contributed by atoms with Crippen molar-refractivity contribution in [1.29, 1.82) is 0 Å². The molecule has 122 valence electrons. The van der Waals surface area contributed by atoms with E-state index in [1.807, 2.05) is 0 Å². The molecule has 3 nitrogen and oxygen atoms in total. The molecule has 0 fully saturated rings. The fourth-order valence-corrected chi connectivity index (χ4v) is 2.40. The Hall–Kier alpha value is -2.29. The molecule has 0 aliphatic carbocycles. The third-order valence-corrected chi connectivity index (χ3v) is 4.48. The Bertz CT molecular complexity index is 718. The molecular formula is C20H28N3+. The maximum Gasteiger partial charge on any atom is 0.276 e. The van der Waals surface area contributed by atoms with Crippen LogP contribution in [-0.4, -0.2) is 17.3 Å². The molecule has 0 unspecified atom stereocenters. The lowest BCUT2D eigenvalue weighted by atomic mass is 9.89. The number of rotatable bonds is 4. The second-order valence-corrected chi connectivity index (χ2v) is 6.72. The first-order valence-electron chi connectivity index (χ1n) is 8.08. The molecule has 1 heterocycles. The quantitative estimate of drug-likeness (QED) is 0.833. The number of hydrogen-bond donors (Lipinski definition) is 2. The zero-order valence-electron chi connectivity index (χ0n) is 14.9. The first-order chi connectivity index (χ1) is 10.7. The average Bonchev–Trinajstić information content (AvgIpc) is 2.49. The van der Waals surface area contributed by atoms with Crippen molar-refractivity contribution >= 4 is 11.9 Å². The van der Waals surface area contributed by atoms with Crippen LogP contribution in [0.3, 0.4) is 0 Å². The van der Waals surface area contributed by atoms with Crippen LogP contribution in [0.2, 0.25) is 0 Å². The number of nitrogens with one attached hydrogen (secondary N) is 1. The minimum Gasteiger partial charge on any atom is -0.402 e. The smallest absolute Gasteiger partial charge is 0.276 e. The van der Waals surface area contributed by atoms with Gasteiger partial charge in [0.1, 0.15) is 5.70 Å². The zero-order chi connectivity index (χ0) is 17.2. The van der Waals surface area contributed by atoms with Crippen LogP contribution in [0.5, 0.6) is 0 Å². The van der Waals surface area contributed by atoms with Crippen molar-refractivity contribution in [2.75, 3.05) is 6.54 Å². The molecular weight excluding hydrogens is 282 g/mol. The lowest BCUT2D eigenvalue weighted by Crippen LogP contribution is -2.31. The summed E-state index contributed by atoms with van der Waals surface area (Å²) in [5.74, 6) is 1.04. The minimum absolute atomic E-state index is 0.269. The van der Waals surface area contributed by atoms with Crippen LogP contribution in [0.4, 0.5) is 0 Å². The summed E-state index contributed by atoms with van der Waals surface area (Å²) >= 11 is 0. The van der Waals surface area contributed by atoms with Gasteiger partial charge in [-0.25, -0.2) is 9.89 Å². The van der Waals surface area contributed by atoms with Gasteiger partial charge in [0.25, 0.3) is 5.82 Å². The Morgan fingerprint density at radius 2 is 2.00 bits per heavy atom. The van der Waals surface area contributed by atoms with Crippen molar-refractivity contribution < 1.29 is 4.58 Å². The van der Waals surface area contributed by atoms with Gasteiger partial charge in [0.15, 0.2) is 0 Å². The van der Waals surface area contributed by atoms with Crippen LogP contribution in [0.15, 0.2) is 48.4 Å². The van der Waals surface area contributed by atoms with Crippen molar-refractivity contribution in [2.24, 2.45) is 11.1 Å². The molecule has 0 saturated heterocycles. The summed E-state index contributed by atoms with van der Waals surface area (Å²) in [5, 5.41) is 3.55. The number of allylic oxidation sites excluding steroid dienone is 2. The average molecular weight is 310 g/mol. The van der Waals surface area contributed by atoms with E-state index in [1.165, 1.54) is 16.7 Å². The highest BCUT2D eigenvalue weighted by Crippen LogP contribution is 2.26. The summed E-state index contributed by atoms with van der Waals surface area (Å²) in [6.07, 6.45) is 6.38. The summed E-state index contributed by atoms with van der Waals surface area (Å²) < 4.78 is 2.18. The van der Waals surface area contributed by atoms with Gasteiger partial charge in [0, 0.05) is 28.8 Å². The molecule has 1 aliphatic rings. The molecule has 3 heteroatoms. The Labute approximate surface area is 139 Å². The van der Waals surface area contributed by atoms with Crippen LogP contribution in [-0.2, 0) is 0 Å². The lowest BCUT2D eigenvalue weighted by Gasteiger charge is -2.22. The predicted molar refractivity (Wildman–Crippen MR) is 99.1 cm³/mol. The van der Waals surface area contributed by atoms with E-state index in [4.69, 9.17) is 5.73 Å². The van der Waals surface area contributed by atoms with Gasteiger partial charge in [0.05, 0.1) is 12.8 Å². The van der Waals surface area contributed by atoms with E-state index >= 15 is 0 Å². The van der Waals surface area contributed by atoms with E-state index in [9.17, 15) is 0 Å². The maximum absolute atomic E-state index is 5.95. The fourth-order valence-electron chi connectivity index (χ4n) is 2.40. The van der Waals surface area contributed by atoms with Gasteiger partial charge in [0.2, 0.25) is 0 Å². The van der Waals surface area contributed by atoms with E-state index < -0.39 is 0 Å². The van der Waals surface area contributed by atoms with Crippen LogP contribution in [0.25, 0.3) is 5.70 Å². The van der Waals surface area contributed by atoms with Crippen LogP contribution in [0.1, 0.15) is 37.5 Å². The standard InChI is InChI=1S/C20H27N3/c1-7-23-11-10-18(17-9-8-14(2)15(3)12-17)22-19(23)13-20(5,6)16(4)21/h8-13H,4,7,21H2,1-3,5-6H3/p+1/b19-13+. The lowest BCUT2D eigenvalue weighted by molar-refractivity contribution is -0.473. The van der Waals surface area contributed by atoms with Gasteiger partial charge >= 0.3 is 0 Å². The number of aryl methyl sites for hydroxylation is 2. The van der Waals surface area contributed by atoms with E-state index in [1.54, 1.807) is 0 Å². The second-order valence-electron chi connectivity index (χ2n) is 6.72. The van der Waals surface area contributed by atoms with Gasteiger partial charge in [-0.05, 0) is 38.0 Å². The Morgan fingerprint density at radius 3 is 2.57 bits per heavy atom. The highest BCUT2D eigenvalue weighted by atomic mass is 15.2. The maximum atomic E-state index is 5.95. The fraction of sp³-hybridized carbons (Fsp3) is 0.350. The SMILES string of the molecule is C=C(N)C(C)(C)/C=C1\NC(c2ccc(C)c(C)c2)=CC=[N+]1CC. The molecule has 0 spiro atoms. The predicted octanol–water partition coefficient (Wildman–Crippen LogP) is 3.69. The molecule has 2 rings (SSSR count). The van der Waals surface area contributed by atoms with Crippen molar-refractivity contribution in [1.82, 2.24) is 5.32 Å². The van der Waals surface area contributed by atoms with E-state index in [0.717, 1.165) is 18.1 Å². The molecule has 1 aromatic carbocycles. The number of benzene rings is 1. The van der Waals surface area contributed by atoms with Crippen LogP contribution < -0.4 is 11.1 Å². The molecule has 0 bridgehead atoms. The molecule has 0 radical (unpaired) electrons. The summed E-state index contributed by atoms with van der Waals surface area (Å²) in [7, 11) is 0. The van der Waals surface area contributed by atoms with Gasteiger partial charge in [-0.15, -0.1) is 0 Å². The third-order valence-electron chi connectivity index (χ3n) is 4.48. The van der Waals surface area contributed by atoms with Gasteiger partial charge in [-0.1, -0.05) is 32.6 Å². The molecule has 0 saturated carbocycles. The summed E-state index contributed by atoms with van der Waals surface area (Å²) in [6, 6.07) is 6.53. The number of hydrogen-bond acceptors (Lipinski definition) is 2. The zero-order valence-corrected chi connectivity index (χ0v) is 14.9. The third kappa shape index (κ3) is 3.73. The topological polar surface area (TPSA) is 41.1 Å². The first kappa shape index (κ1) is 17.1. The van der Waals surface area contributed by atoms with Crippen LogP contribution in [0, 0.1) is 19.3 Å². The molecule has 1 aliphatic heterocycles. The Morgan fingerprint density at radius 1 is 1.30 bits per heavy atom. The summed E-state index contributed by atoms with van der Waals surface area (Å²) in [5.41, 5.74) is 11.2. The number of nitrogens with two attached hydrogens (primary N) is 1. The van der Waals surface area contributed by atoms with Crippen molar-refractivity contribution in [3.05, 3.63) is 65.1 Å². The van der Waals surface area contributed by atoms with Crippen molar-refractivity contribution in [2.45, 2.75) is 34.6 Å². The molecule has 0 amide bonds. The molecule has 3 N–H and O–H groups in total. The minimum atomic E-state index is -0.269. The summed E-state index contributed by atoms with van der Waals surface area (Å²) in [4.78, 5) is 0. The van der Waals surface area contributed by atoms with Crippen molar-refractivity contribution in [3.63, 3.8) is 0 Å². The van der Waals surface area contributed by atoms with E-state index in [-0.39, 0.29) is 5.41 Å². The molecule has 23 heavy (non-hydrogen) atoms. The van der Waals surface area contributed by atoms with E-state index in [2.05, 4.69) is 87.7 Å². The molecule has 0 aromatic heterocycles. The Kier molecular flexibility index (Phi) is 4.79. The monoisotopic (exact) mass is 310 g/mol. The number of nitrogens with zero attached hydrogens (tertiary/aromatic N) is 1. The summed E-state index contributed by atoms with van der Waals surface area (Å²) in [6.45, 7) is 15.3. The van der Waals surface area contributed by atoms with Gasteiger partial charge < -0.3 is 5.73 Å². The van der Waals surface area contributed by atoms with Crippen molar-refractivity contribution in [3.8, 4) is 0 Å². The molecule has 0 atom stereocenters. The molecule has 1 aromatic rings. The second kappa shape index (κ2) is 6.45. The largest absolute Gasteiger partial charge is 0.402 e. The van der Waals surface area contributed by atoms with E-state index in [0.29, 0.717) is 5.70 Å². The first-order valence-corrected chi connectivity index (χ1v) is 8.08. The highest BCUT2D eigenvalue weighted by Gasteiger charge is 2.25. The normalized spacial score (nSPS) is 16.7. The van der Waals surface area contributed by atoms with Gasteiger partial charge in [-0.2, -0.15) is 0 Å². The van der Waals surface area contributed by atoms with Crippen LogP contribution >= 0.6 is 0 Å². The highest BCUT2D eigenvalue weighted by molar-refractivity contribution is 5.83. The van der Waals surface area contributed by atoms with Gasteiger partial charge in [-0.3, -0.25) is 0 Å².